The Labute approximate surface area is 163 Å². The predicted octanol–water partition coefficient (Wildman–Crippen LogP) is 2.93. The predicted molar refractivity (Wildman–Crippen MR) is 106 cm³/mol. The number of hydroxylamine groups is 1. The van der Waals surface area contributed by atoms with Crippen LogP contribution in [0.5, 0.6) is 0 Å². The number of rotatable bonds is 5. The van der Waals surface area contributed by atoms with Gasteiger partial charge in [-0.05, 0) is 41.1 Å². The minimum atomic E-state index is -3.66. The molecule has 28 heavy (non-hydrogen) atoms. The van der Waals surface area contributed by atoms with E-state index in [0.717, 1.165) is 16.3 Å². The maximum absolute atomic E-state index is 12.6. The monoisotopic (exact) mass is 391 g/mol. The normalized spacial score (nSPS) is 16.4. The van der Waals surface area contributed by atoms with Gasteiger partial charge in [0.05, 0.1) is 22.2 Å². The van der Waals surface area contributed by atoms with Crippen molar-refractivity contribution < 1.29 is 13.3 Å². The van der Waals surface area contributed by atoms with Crippen molar-refractivity contribution in [2.45, 2.75) is 11.0 Å². The number of benzene rings is 3. The number of nitrogens with one attached hydrogen (secondary N) is 2. The average Bonchev–Trinajstić information content (AvgIpc) is 3.21. The van der Waals surface area contributed by atoms with Crippen LogP contribution in [-0.4, -0.2) is 21.1 Å². The SMILES string of the molecule is N#Cc1cccc(C2=CC(CNS(=O)(=O)c3ccc4ccccc4c3)ON2)c1. The third-order valence-electron chi connectivity index (χ3n) is 4.48. The highest BCUT2D eigenvalue weighted by Gasteiger charge is 2.21. The van der Waals surface area contributed by atoms with E-state index in [1.165, 1.54) is 0 Å². The molecule has 4 rings (SSSR count). The first-order chi connectivity index (χ1) is 13.5. The summed E-state index contributed by atoms with van der Waals surface area (Å²) < 4.78 is 27.8. The summed E-state index contributed by atoms with van der Waals surface area (Å²) in [6.45, 7) is 0.0869. The van der Waals surface area contributed by atoms with Gasteiger partial charge in [0.1, 0.15) is 6.10 Å². The number of fused-ring (bicyclic) bond motifs is 1. The van der Waals surface area contributed by atoms with Gasteiger partial charge >= 0.3 is 0 Å². The Bertz CT molecular complexity index is 1210. The molecule has 0 amide bonds. The fourth-order valence-electron chi connectivity index (χ4n) is 3.01. The van der Waals surface area contributed by atoms with E-state index in [1.54, 1.807) is 42.5 Å². The third kappa shape index (κ3) is 3.75. The third-order valence-corrected chi connectivity index (χ3v) is 5.90. The van der Waals surface area contributed by atoms with Crippen LogP contribution in [0.4, 0.5) is 0 Å². The molecule has 3 aromatic rings. The molecule has 0 fully saturated rings. The Balaban J connectivity index is 1.47. The van der Waals surface area contributed by atoms with Crippen LogP contribution in [0.25, 0.3) is 16.5 Å². The highest BCUT2D eigenvalue weighted by atomic mass is 32.2. The molecule has 2 N–H and O–H groups in total. The summed E-state index contributed by atoms with van der Waals surface area (Å²) in [5.74, 6) is 0. The average molecular weight is 391 g/mol. The molecule has 6 nitrogen and oxygen atoms in total. The number of nitrogens with zero attached hydrogens (tertiary/aromatic N) is 1. The fourth-order valence-corrected chi connectivity index (χ4v) is 4.09. The number of nitriles is 1. The van der Waals surface area contributed by atoms with Gasteiger partial charge in [-0.25, -0.2) is 13.1 Å². The first-order valence-electron chi connectivity index (χ1n) is 8.68. The van der Waals surface area contributed by atoms with Gasteiger partial charge in [0.2, 0.25) is 10.0 Å². The maximum atomic E-state index is 12.6. The zero-order valence-corrected chi connectivity index (χ0v) is 15.6. The number of sulfonamides is 1. The fraction of sp³-hybridized carbons (Fsp3) is 0.0952. The van der Waals surface area contributed by atoms with Crippen molar-refractivity contribution in [2.75, 3.05) is 6.54 Å². The lowest BCUT2D eigenvalue weighted by atomic mass is 10.1. The molecule has 0 saturated carbocycles. The molecule has 0 bridgehead atoms. The van der Waals surface area contributed by atoms with E-state index in [9.17, 15) is 8.42 Å². The van der Waals surface area contributed by atoms with Crippen molar-refractivity contribution in [3.63, 3.8) is 0 Å². The van der Waals surface area contributed by atoms with Crippen LogP contribution in [0, 0.1) is 11.3 Å². The van der Waals surface area contributed by atoms with Crippen LogP contribution in [0.1, 0.15) is 11.1 Å². The van der Waals surface area contributed by atoms with Gasteiger partial charge in [0.25, 0.3) is 0 Å². The van der Waals surface area contributed by atoms with E-state index < -0.39 is 16.1 Å². The second-order valence-electron chi connectivity index (χ2n) is 6.39. The Morgan fingerprint density at radius 2 is 1.86 bits per heavy atom. The summed E-state index contributed by atoms with van der Waals surface area (Å²) in [7, 11) is -3.66. The Kier molecular flexibility index (Phi) is 4.84. The molecule has 0 aromatic heterocycles. The van der Waals surface area contributed by atoms with Crippen molar-refractivity contribution >= 4 is 26.5 Å². The van der Waals surface area contributed by atoms with Crippen LogP contribution in [0.2, 0.25) is 0 Å². The molecular weight excluding hydrogens is 374 g/mol. The van der Waals surface area contributed by atoms with Crippen LogP contribution in [0.15, 0.2) is 77.7 Å². The van der Waals surface area contributed by atoms with Gasteiger partial charge in [0, 0.05) is 12.1 Å². The molecule has 7 heteroatoms. The molecule has 140 valence electrons. The first kappa shape index (κ1) is 18.2. The largest absolute Gasteiger partial charge is 0.267 e. The summed E-state index contributed by atoms with van der Waals surface area (Å²) >= 11 is 0. The van der Waals surface area contributed by atoms with Crippen molar-refractivity contribution in [1.82, 2.24) is 10.2 Å². The Hall–Kier alpha value is -3.18. The summed E-state index contributed by atoms with van der Waals surface area (Å²) in [5, 5.41) is 10.9. The zero-order chi connectivity index (χ0) is 19.6. The standard InChI is InChI=1S/C21H17N3O3S/c22-13-15-4-3-7-18(10-15)21-12-19(27-24-21)14-23-28(25,26)20-9-8-16-5-1-2-6-17(16)11-20/h1-12,19,23-24H,14H2. The van der Waals surface area contributed by atoms with E-state index in [4.69, 9.17) is 10.1 Å². The van der Waals surface area contributed by atoms with Crippen molar-refractivity contribution in [1.29, 1.82) is 5.26 Å². The molecule has 0 spiro atoms. The lowest BCUT2D eigenvalue weighted by Crippen LogP contribution is -2.32. The molecule has 1 unspecified atom stereocenters. The van der Waals surface area contributed by atoms with Crippen LogP contribution in [-0.2, 0) is 14.9 Å². The molecule has 0 aliphatic carbocycles. The van der Waals surface area contributed by atoms with Gasteiger partial charge in [-0.2, -0.15) is 5.26 Å². The smallest absolute Gasteiger partial charge is 0.240 e. The maximum Gasteiger partial charge on any atom is 0.240 e. The first-order valence-corrected chi connectivity index (χ1v) is 10.2. The molecule has 0 radical (unpaired) electrons. The van der Waals surface area contributed by atoms with E-state index >= 15 is 0 Å². The Morgan fingerprint density at radius 3 is 2.68 bits per heavy atom. The summed E-state index contributed by atoms with van der Waals surface area (Å²) in [4.78, 5) is 5.65. The minimum absolute atomic E-state index is 0.0869. The quantitative estimate of drug-likeness (QED) is 0.698. The Morgan fingerprint density at radius 1 is 1.04 bits per heavy atom. The van der Waals surface area contributed by atoms with Crippen molar-refractivity contribution in [3.8, 4) is 6.07 Å². The number of hydrogen-bond acceptors (Lipinski definition) is 5. The van der Waals surface area contributed by atoms with Gasteiger partial charge in [0.15, 0.2) is 0 Å². The van der Waals surface area contributed by atoms with E-state index in [1.807, 2.05) is 30.3 Å². The minimum Gasteiger partial charge on any atom is -0.267 e. The molecule has 1 aliphatic heterocycles. The summed E-state index contributed by atoms with van der Waals surface area (Å²) in [5.41, 5.74) is 4.84. The molecular formula is C21H17N3O3S. The highest BCUT2D eigenvalue weighted by molar-refractivity contribution is 7.89. The van der Waals surface area contributed by atoms with Crippen LogP contribution in [0.3, 0.4) is 0 Å². The van der Waals surface area contributed by atoms with E-state index in [-0.39, 0.29) is 11.4 Å². The highest BCUT2D eigenvalue weighted by Crippen LogP contribution is 2.21. The van der Waals surface area contributed by atoms with Crippen LogP contribution >= 0.6 is 0 Å². The molecule has 3 aromatic carbocycles. The second-order valence-corrected chi connectivity index (χ2v) is 8.16. The van der Waals surface area contributed by atoms with E-state index in [2.05, 4.69) is 16.3 Å². The van der Waals surface area contributed by atoms with E-state index in [0.29, 0.717) is 11.3 Å². The lowest BCUT2D eigenvalue weighted by Gasteiger charge is -2.10. The second kappa shape index (κ2) is 7.44. The van der Waals surface area contributed by atoms with Crippen LogP contribution < -0.4 is 10.2 Å². The van der Waals surface area contributed by atoms with Gasteiger partial charge in [-0.1, -0.05) is 42.5 Å². The molecule has 1 atom stereocenters. The van der Waals surface area contributed by atoms with Gasteiger partial charge in [-0.15, -0.1) is 0 Å². The van der Waals surface area contributed by atoms with Gasteiger partial charge in [-0.3, -0.25) is 10.3 Å². The zero-order valence-electron chi connectivity index (χ0n) is 14.8. The molecule has 1 aliphatic rings. The van der Waals surface area contributed by atoms with Crippen molar-refractivity contribution in [2.24, 2.45) is 0 Å². The summed E-state index contributed by atoms with van der Waals surface area (Å²) in [6, 6.07) is 21.8. The number of hydrogen-bond donors (Lipinski definition) is 2. The topological polar surface area (TPSA) is 91.2 Å². The van der Waals surface area contributed by atoms with Gasteiger partial charge < -0.3 is 0 Å². The summed E-state index contributed by atoms with van der Waals surface area (Å²) in [6.07, 6.45) is 1.33. The lowest BCUT2D eigenvalue weighted by molar-refractivity contribution is 0.0547. The molecule has 1 heterocycles. The molecule has 0 saturated heterocycles. The van der Waals surface area contributed by atoms with Crippen molar-refractivity contribution in [3.05, 3.63) is 83.9 Å².